The van der Waals surface area contributed by atoms with Crippen LogP contribution in [0.4, 0.5) is 0 Å². The predicted octanol–water partition coefficient (Wildman–Crippen LogP) is 4.26. The molecule has 0 amide bonds. The van der Waals surface area contributed by atoms with Gasteiger partial charge < -0.3 is 19.6 Å². The highest BCUT2D eigenvalue weighted by molar-refractivity contribution is 7.46. The maximum absolute atomic E-state index is 11.7. The molecule has 7 nitrogen and oxygen atoms in total. The molecular formula is C19H37O7P. The van der Waals surface area contributed by atoms with Crippen LogP contribution in [0.5, 0.6) is 0 Å². The molecule has 0 radical (unpaired) electrons. The maximum atomic E-state index is 11.7. The number of carbonyl (C=O) groups is 1. The zero-order chi connectivity index (χ0) is 20.7. The van der Waals surface area contributed by atoms with Gasteiger partial charge in [0.25, 0.3) is 0 Å². The van der Waals surface area contributed by atoms with Crippen molar-refractivity contribution >= 4 is 13.8 Å². The van der Waals surface area contributed by atoms with Crippen molar-refractivity contribution in [3.8, 4) is 0 Å². The third-order valence-corrected chi connectivity index (χ3v) is 4.78. The first-order valence-electron chi connectivity index (χ1n) is 9.92. The minimum Gasteiger partial charge on any atom is -0.456 e. The Bertz CT molecular complexity index is 461. The second-order valence-corrected chi connectivity index (χ2v) is 8.29. The molecule has 0 saturated heterocycles. The number of phosphoric acid groups is 1. The van der Waals surface area contributed by atoms with Gasteiger partial charge in [-0.15, -0.1) is 0 Å². The SMILES string of the molecule is C=C(C)C(=O)OC(CCCCCCCCCCCC)C(O)COP(=O)(O)O. The van der Waals surface area contributed by atoms with Crippen molar-refractivity contribution in [1.82, 2.24) is 0 Å². The minimum atomic E-state index is -4.69. The fourth-order valence-electron chi connectivity index (χ4n) is 2.68. The first-order chi connectivity index (χ1) is 12.7. The van der Waals surface area contributed by atoms with Gasteiger partial charge in [-0.25, -0.2) is 9.36 Å². The molecule has 0 heterocycles. The lowest BCUT2D eigenvalue weighted by Gasteiger charge is -2.23. The molecule has 3 N–H and O–H groups in total. The van der Waals surface area contributed by atoms with Crippen molar-refractivity contribution in [2.45, 2.75) is 96.7 Å². The van der Waals surface area contributed by atoms with Gasteiger partial charge in [-0.2, -0.15) is 0 Å². The van der Waals surface area contributed by atoms with Crippen LogP contribution in [0.15, 0.2) is 12.2 Å². The molecule has 0 saturated carbocycles. The van der Waals surface area contributed by atoms with E-state index in [0.717, 1.165) is 25.7 Å². The molecule has 27 heavy (non-hydrogen) atoms. The quantitative estimate of drug-likeness (QED) is 0.143. The summed E-state index contributed by atoms with van der Waals surface area (Å²) >= 11 is 0. The lowest BCUT2D eigenvalue weighted by Crippen LogP contribution is -2.34. The van der Waals surface area contributed by atoms with Crippen molar-refractivity contribution in [3.63, 3.8) is 0 Å². The Morgan fingerprint density at radius 3 is 1.93 bits per heavy atom. The predicted molar refractivity (Wildman–Crippen MR) is 105 cm³/mol. The van der Waals surface area contributed by atoms with E-state index in [4.69, 9.17) is 14.5 Å². The lowest BCUT2D eigenvalue weighted by atomic mass is 10.0. The average Bonchev–Trinajstić information content (AvgIpc) is 2.59. The summed E-state index contributed by atoms with van der Waals surface area (Å²) in [6.45, 7) is 6.60. The first-order valence-corrected chi connectivity index (χ1v) is 11.4. The van der Waals surface area contributed by atoms with E-state index in [1.807, 2.05) is 0 Å². The summed E-state index contributed by atoms with van der Waals surface area (Å²) in [6, 6.07) is 0. The van der Waals surface area contributed by atoms with E-state index in [1.54, 1.807) is 0 Å². The number of phosphoric ester groups is 1. The average molecular weight is 408 g/mol. The molecule has 0 aliphatic carbocycles. The van der Waals surface area contributed by atoms with Crippen molar-refractivity contribution in [2.75, 3.05) is 6.61 Å². The Hall–Kier alpha value is -0.720. The molecule has 0 rings (SSSR count). The largest absolute Gasteiger partial charge is 0.469 e. The van der Waals surface area contributed by atoms with Gasteiger partial charge in [-0.05, 0) is 19.8 Å². The summed E-state index contributed by atoms with van der Waals surface area (Å²) in [5, 5.41) is 10.1. The number of aliphatic hydroxyl groups excluding tert-OH is 1. The van der Waals surface area contributed by atoms with Crippen LogP contribution >= 0.6 is 7.82 Å². The first kappa shape index (κ1) is 26.3. The van der Waals surface area contributed by atoms with Crippen LogP contribution in [0.2, 0.25) is 0 Å². The molecule has 0 aliphatic rings. The number of hydrogen-bond acceptors (Lipinski definition) is 5. The highest BCUT2D eigenvalue weighted by Gasteiger charge is 2.26. The molecule has 160 valence electrons. The summed E-state index contributed by atoms with van der Waals surface area (Å²) in [7, 11) is -4.69. The Kier molecular flexibility index (Phi) is 14.8. The number of unbranched alkanes of at least 4 members (excludes halogenated alkanes) is 9. The Balaban J connectivity index is 4.15. The highest BCUT2D eigenvalue weighted by atomic mass is 31.2. The van der Waals surface area contributed by atoms with Gasteiger partial charge in [0.2, 0.25) is 0 Å². The monoisotopic (exact) mass is 408 g/mol. The molecule has 2 atom stereocenters. The second-order valence-electron chi connectivity index (χ2n) is 7.05. The standard InChI is InChI=1S/C19H37O7P/c1-4-5-6-7-8-9-10-11-12-13-14-18(26-19(21)16(2)3)17(20)15-25-27(22,23)24/h17-18,20H,2,4-15H2,1,3H3,(H2,22,23,24). The number of carbonyl (C=O) groups excluding carboxylic acids is 1. The molecule has 0 aromatic rings. The molecule has 0 aliphatic heterocycles. The van der Waals surface area contributed by atoms with Crippen molar-refractivity contribution in [2.24, 2.45) is 0 Å². The Labute approximate surface area is 163 Å². The van der Waals surface area contributed by atoms with E-state index in [-0.39, 0.29) is 5.57 Å². The molecule has 8 heteroatoms. The van der Waals surface area contributed by atoms with Crippen LogP contribution in [0.1, 0.15) is 84.5 Å². The molecular weight excluding hydrogens is 371 g/mol. The topological polar surface area (TPSA) is 113 Å². The zero-order valence-electron chi connectivity index (χ0n) is 16.8. The number of ether oxygens (including phenoxy) is 1. The molecule has 0 aromatic heterocycles. The van der Waals surface area contributed by atoms with Gasteiger partial charge in [0.15, 0.2) is 0 Å². The summed E-state index contributed by atoms with van der Waals surface area (Å²) in [6.07, 6.45) is 9.78. The van der Waals surface area contributed by atoms with Crippen LogP contribution in [-0.4, -0.2) is 39.7 Å². The van der Waals surface area contributed by atoms with E-state index in [0.29, 0.717) is 6.42 Å². The van der Waals surface area contributed by atoms with Crippen LogP contribution in [0.3, 0.4) is 0 Å². The molecule has 0 bridgehead atoms. The van der Waals surface area contributed by atoms with Gasteiger partial charge >= 0.3 is 13.8 Å². The van der Waals surface area contributed by atoms with Gasteiger partial charge in [-0.1, -0.05) is 71.3 Å². The summed E-state index contributed by atoms with van der Waals surface area (Å²) in [5.74, 6) is -0.637. The second kappa shape index (κ2) is 15.2. The normalized spacial score (nSPS) is 14.0. The molecule has 0 aromatic carbocycles. The third-order valence-electron chi connectivity index (χ3n) is 4.29. The molecule has 2 unspecified atom stereocenters. The molecule has 0 spiro atoms. The van der Waals surface area contributed by atoms with Crippen LogP contribution in [0, 0.1) is 0 Å². The van der Waals surface area contributed by atoms with E-state index in [9.17, 15) is 14.5 Å². The lowest BCUT2D eigenvalue weighted by molar-refractivity contribution is -0.152. The minimum absolute atomic E-state index is 0.200. The van der Waals surface area contributed by atoms with Gasteiger partial charge in [0, 0.05) is 5.57 Å². The number of hydrogen-bond donors (Lipinski definition) is 3. The third kappa shape index (κ3) is 16.0. The fourth-order valence-corrected chi connectivity index (χ4v) is 3.03. The smallest absolute Gasteiger partial charge is 0.456 e. The van der Waals surface area contributed by atoms with Crippen LogP contribution in [-0.2, 0) is 18.6 Å². The number of esters is 1. The van der Waals surface area contributed by atoms with Crippen LogP contribution in [0.25, 0.3) is 0 Å². The van der Waals surface area contributed by atoms with Gasteiger partial charge in [0.1, 0.15) is 12.2 Å². The molecule has 0 fully saturated rings. The van der Waals surface area contributed by atoms with Crippen molar-refractivity contribution in [3.05, 3.63) is 12.2 Å². The van der Waals surface area contributed by atoms with E-state index in [1.165, 1.54) is 45.4 Å². The van der Waals surface area contributed by atoms with Crippen molar-refractivity contribution < 1.29 is 33.5 Å². The van der Waals surface area contributed by atoms with Crippen molar-refractivity contribution in [1.29, 1.82) is 0 Å². The van der Waals surface area contributed by atoms with E-state index in [2.05, 4.69) is 18.0 Å². The number of rotatable bonds is 17. The summed E-state index contributed by atoms with van der Waals surface area (Å²) in [5.41, 5.74) is 0.200. The fraction of sp³-hybridized carbons (Fsp3) is 0.842. The van der Waals surface area contributed by atoms with Gasteiger partial charge in [-0.3, -0.25) is 4.52 Å². The Morgan fingerprint density at radius 1 is 1.00 bits per heavy atom. The summed E-state index contributed by atoms with van der Waals surface area (Å²) < 4.78 is 20.3. The Morgan fingerprint density at radius 2 is 1.48 bits per heavy atom. The van der Waals surface area contributed by atoms with E-state index < -0.39 is 32.6 Å². The maximum Gasteiger partial charge on any atom is 0.469 e. The van der Waals surface area contributed by atoms with Crippen LogP contribution < -0.4 is 0 Å². The van der Waals surface area contributed by atoms with E-state index >= 15 is 0 Å². The zero-order valence-corrected chi connectivity index (χ0v) is 17.7. The van der Waals surface area contributed by atoms with Gasteiger partial charge in [0.05, 0.1) is 6.61 Å². The highest BCUT2D eigenvalue weighted by Crippen LogP contribution is 2.36. The number of aliphatic hydroxyl groups is 1. The summed E-state index contributed by atoms with van der Waals surface area (Å²) in [4.78, 5) is 29.2.